The van der Waals surface area contributed by atoms with Gasteiger partial charge >= 0.3 is 0 Å². The van der Waals surface area contributed by atoms with E-state index in [0.29, 0.717) is 0 Å². The van der Waals surface area contributed by atoms with Crippen LogP contribution in [0.1, 0.15) is 24.2 Å². The van der Waals surface area contributed by atoms with E-state index < -0.39 is 0 Å². The highest BCUT2D eigenvalue weighted by molar-refractivity contribution is 5.36. The third-order valence-corrected chi connectivity index (χ3v) is 2.37. The third kappa shape index (κ3) is 2.53. The van der Waals surface area contributed by atoms with Crippen LogP contribution in [0.3, 0.4) is 0 Å². The Morgan fingerprint density at radius 3 is 2.44 bits per heavy atom. The molecule has 82 valence electrons. The first-order valence-electron chi connectivity index (χ1n) is 5.22. The Kier molecular flexibility index (Phi) is 3.10. The molecule has 0 bridgehead atoms. The Morgan fingerprint density at radius 1 is 1.06 bits per heavy atom. The molecule has 16 heavy (non-hydrogen) atoms. The largest absolute Gasteiger partial charge is 0.362 e. The third-order valence-electron chi connectivity index (χ3n) is 2.37. The summed E-state index contributed by atoms with van der Waals surface area (Å²) < 4.78 is 0. The highest BCUT2D eigenvalue weighted by Gasteiger charge is 2.05. The van der Waals surface area contributed by atoms with E-state index in [4.69, 9.17) is 0 Å². The van der Waals surface area contributed by atoms with Crippen LogP contribution in [0.5, 0.6) is 0 Å². The fourth-order valence-corrected chi connectivity index (χ4v) is 1.43. The maximum Gasteiger partial charge on any atom is 0.149 e. The molecule has 0 saturated heterocycles. The molecule has 0 saturated carbocycles. The highest BCUT2D eigenvalue weighted by Crippen LogP contribution is 2.15. The summed E-state index contributed by atoms with van der Waals surface area (Å²) in [7, 11) is 0. The van der Waals surface area contributed by atoms with E-state index in [-0.39, 0.29) is 6.04 Å². The summed E-state index contributed by atoms with van der Waals surface area (Å²) in [6.45, 7) is 4.00. The summed E-state index contributed by atoms with van der Waals surface area (Å²) in [5.41, 5.74) is 2.10. The van der Waals surface area contributed by atoms with Crippen LogP contribution in [0.15, 0.2) is 36.7 Å². The van der Waals surface area contributed by atoms with Gasteiger partial charge in [0.2, 0.25) is 0 Å². The molecule has 0 aliphatic heterocycles. The predicted octanol–water partition coefficient (Wildman–Crippen LogP) is 2.35. The molecule has 4 nitrogen and oxygen atoms in total. The Labute approximate surface area is 94.8 Å². The number of aromatic nitrogens is 3. The average molecular weight is 214 g/mol. The molecule has 0 spiro atoms. The first-order valence-corrected chi connectivity index (χ1v) is 5.22. The zero-order chi connectivity index (χ0) is 11.4. The second-order valence-electron chi connectivity index (χ2n) is 3.71. The maximum atomic E-state index is 4.07. The van der Waals surface area contributed by atoms with Gasteiger partial charge in [0.15, 0.2) is 0 Å². The average Bonchev–Trinajstić information content (AvgIpc) is 2.33. The van der Waals surface area contributed by atoms with Crippen molar-refractivity contribution in [3.8, 4) is 0 Å². The maximum absolute atomic E-state index is 4.07. The lowest BCUT2D eigenvalue weighted by Gasteiger charge is -2.13. The Bertz CT molecular complexity index is 438. The number of nitrogens with one attached hydrogen (secondary N) is 1. The molecule has 2 rings (SSSR count). The van der Waals surface area contributed by atoms with E-state index in [1.807, 2.05) is 31.2 Å². The van der Waals surface area contributed by atoms with Gasteiger partial charge in [-0.1, -0.05) is 0 Å². The van der Waals surface area contributed by atoms with E-state index in [0.717, 1.165) is 11.5 Å². The number of hydrogen-bond acceptors (Lipinski definition) is 4. The van der Waals surface area contributed by atoms with Gasteiger partial charge in [-0.3, -0.25) is 4.98 Å². The fourth-order valence-electron chi connectivity index (χ4n) is 1.43. The number of aryl methyl sites for hydroxylation is 1. The van der Waals surface area contributed by atoms with Gasteiger partial charge in [0.05, 0.1) is 11.7 Å². The van der Waals surface area contributed by atoms with Gasteiger partial charge in [-0.15, -0.1) is 5.10 Å². The second-order valence-corrected chi connectivity index (χ2v) is 3.71. The van der Waals surface area contributed by atoms with Gasteiger partial charge in [0.25, 0.3) is 0 Å². The lowest BCUT2D eigenvalue weighted by atomic mass is 10.1. The molecule has 1 unspecified atom stereocenters. The van der Waals surface area contributed by atoms with E-state index in [1.54, 1.807) is 12.4 Å². The van der Waals surface area contributed by atoms with Crippen LogP contribution in [0.2, 0.25) is 0 Å². The van der Waals surface area contributed by atoms with Crippen molar-refractivity contribution in [3.05, 3.63) is 47.9 Å². The van der Waals surface area contributed by atoms with E-state index in [1.165, 1.54) is 5.56 Å². The van der Waals surface area contributed by atoms with Crippen molar-refractivity contribution in [1.29, 1.82) is 0 Å². The zero-order valence-corrected chi connectivity index (χ0v) is 9.38. The summed E-state index contributed by atoms with van der Waals surface area (Å²) in [6, 6.07) is 8.03. The molecule has 4 heteroatoms. The lowest BCUT2D eigenvalue weighted by molar-refractivity contribution is 0.853. The molecule has 0 amide bonds. The van der Waals surface area contributed by atoms with Crippen molar-refractivity contribution in [2.45, 2.75) is 19.9 Å². The van der Waals surface area contributed by atoms with Crippen molar-refractivity contribution in [1.82, 2.24) is 15.2 Å². The SMILES string of the molecule is Cc1ccc(NC(C)c2ccncc2)nn1. The molecular formula is C12H14N4. The van der Waals surface area contributed by atoms with Gasteiger partial charge in [0.1, 0.15) is 5.82 Å². The molecule has 0 aliphatic rings. The van der Waals surface area contributed by atoms with Crippen LogP contribution in [0, 0.1) is 6.92 Å². The minimum Gasteiger partial charge on any atom is -0.362 e. The van der Waals surface area contributed by atoms with Gasteiger partial charge < -0.3 is 5.32 Å². The highest BCUT2D eigenvalue weighted by atomic mass is 15.2. The van der Waals surface area contributed by atoms with Gasteiger partial charge in [-0.25, -0.2) is 0 Å². The second kappa shape index (κ2) is 4.70. The monoisotopic (exact) mass is 214 g/mol. The number of nitrogens with zero attached hydrogens (tertiary/aromatic N) is 3. The van der Waals surface area contributed by atoms with E-state index >= 15 is 0 Å². The molecular weight excluding hydrogens is 200 g/mol. The first-order chi connectivity index (χ1) is 7.75. The van der Waals surface area contributed by atoms with Crippen molar-refractivity contribution in [2.75, 3.05) is 5.32 Å². The van der Waals surface area contributed by atoms with E-state index in [9.17, 15) is 0 Å². The Balaban J connectivity index is 2.08. The molecule has 0 aliphatic carbocycles. The number of hydrogen-bond donors (Lipinski definition) is 1. The molecule has 2 heterocycles. The molecule has 0 radical (unpaired) electrons. The first kappa shape index (κ1) is 10.5. The van der Waals surface area contributed by atoms with Crippen LogP contribution in [0.25, 0.3) is 0 Å². The van der Waals surface area contributed by atoms with E-state index in [2.05, 4.69) is 27.4 Å². The predicted molar refractivity (Wildman–Crippen MR) is 63.0 cm³/mol. The van der Waals surface area contributed by atoms with Gasteiger partial charge in [0, 0.05) is 12.4 Å². The molecule has 1 N–H and O–H groups in total. The van der Waals surface area contributed by atoms with Crippen molar-refractivity contribution in [2.24, 2.45) is 0 Å². The summed E-state index contributed by atoms with van der Waals surface area (Å²) in [5, 5.41) is 11.4. The quantitative estimate of drug-likeness (QED) is 0.852. The molecule has 1 atom stereocenters. The summed E-state index contributed by atoms with van der Waals surface area (Å²) in [4.78, 5) is 3.99. The van der Waals surface area contributed by atoms with Gasteiger partial charge in [-0.2, -0.15) is 5.10 Å². The lowest BCUT2D eigenvalue weighted by Crippen LogP contribution is -2.08. The molecule has 0 aromatic carbocycles. The topological polar surface area (TPSA) is 50.7 Å². The summed E-state index contributed by atoms with van der Waals surface area (Å²) >= 11 is 0. The van der Waals surface area contributed by atoms with Crippen LogP contribution >= 0.6 is 0 Å². The zero-order valence-electron chi connectivity index (χ0n) is 9.38. The van der Waals surface area contributed by atoms with Crippen molar-refractivity contribution < 1.29 is 0 Å². The number of rotatable bonds is 3. The molecule has 2 aromatic rings. The number of anilines is 1. The molecule has 2 aromatic heterocycles. The van der Waals surface area contributed by atoms with Crippen molar-refractivity contribution >= 4 is 5.82 Å². The molecule has 0 fully saturated rings. The van der Waals surface area contributed by atoms with Crippen molar-refractivity contribution in [3.63, 3.8) is 0 Å². The standard InChI is InChI=1S/C12H14N4/c1-9-3-4-12(16-15-9)14-10(2)11-5-7-13-8-6-11/h3-8,10H,1-2H3,(H,14,16). The Hall–Kier alpha value is -1.97. The van der Waals surface area contributed by atoms with Crippen LogP contribution in [-0.4, -0.2) is 15.2 Å². The number of pyridine rings is 1. The minimum atomic E-state index is 0.194. The Morgan fingerprint density at radius 2 is 1.81 bits per heavy atom. The normalized spacial score (nSPS) is 12.1. The van der Waals surface area contributed by atoms with Crippen LogP contribution in [0.4, 0.5) is 5.82 Å². The summed E-state index contributed by atoms with van der Waals surface area (Å²) in [5.74, 6) is 0.787. The summed E-state index contributed by atoms with van der Waals surface area (Å²) in [6.07, 6.45) is 3.57. The smallest absolute Gasteiger partial charge is 0.149 e. The van der Waals surface area contributed by atoms with Crippen LogP contribution < -0.4 is 5.32 Å². The fraction of sp³-hybridized carbons (Fsp3) is 0.250. The minimum absolute atomic E-state index is 0.194. The van der Waals surface area contributed by atoms with Crippen LogP contribution in [-0.2, 0) is 0 Å². The van der Waals surface area contributed by atoms with Gasteiger partial charge in [-0.05, 0) is 43.7 Å².